The van der Waals surface area contributed by atoms with E-state index < -0.39 is 10.0 Å². The number of sulfonamides is 1. The maximum atomic E-state index is 12.5. The van der Waals surface area contributed by atoms with Crippen LogP contribution in [0.3, 0.4) is 0 Å². The largest absolute Gasteiger partial charge is 0.372 e. The number of nitrogens with zero attached hydrogens (tertiary/aromatic N) is 1. The Morgan fingerprint density at radius 3 is 1.92 bits per heavy atom. The number of benzene rings is 2. The molecule has 0 aliphatic rings. The molecule has 0 unspecified atom stereocenters. The van der Waals surface area contributed by atoms with Gasteiger partial charge in [0.15, 0.2) is 0 Å². The molecule has 0 atom stereocenters. The lowest BCUT2D eigenvalue weighted by molar-refractivity contribution is -0.114. The highest BCUT2D eigenvalue weighted by Crippen LogP contribution is 2.21. The molecule has 0 aliphatic heterocycles. The van der Waals surface area contributed by atoms with Crippen LogP contribution in [0.15, 0.2) is 53.4 Å². The van der Waals surface area contributed by atoms with Gasteiger partial charge < -0.3 is 10.2 Å². The number of rotatable bonds is 7. The van der Waals surface area contributed by atoms with Crippen LogP contribution in [0.5, 0.6) is 0 Å². The Balaban J connectivity index is 2.14. The molecule has 7 heteroatoms. The quantitative estimate of drug-likeness (QED) is 0.793. The van der Waals surface area contributed by atoms with E-state index in [1.54, 1.807) is 24.3 Å². The maximum Gasteiger partial charge on any atom is 0.261 e. The van der Waals surface area contributed by atoms with Gasteiger partial charge in [-0.05, 0) is 62.4 Å². The molecule has 2 aromatic carbocycles. The highest BCUT2D eigenvalue weighted by atomic mass is 32.2. The number of hydrogen-bond acceptors (Lipinski definition) is 4. The molecule has 2 aromatic rings. The summed E-state index contributed by atoms with van der Waals surface area (Å²) in [5, 5.41) is 2.60. The van der Waals surface area contributed by atoms with Crippen LogP contribution in [0.1, 0.15) is 20.8 Å². The van der Waals surface area contributed by atoms with E-state index in [0.717, 1.165) is 18.8 Å². The highest BCUT2D eigenvalue weighted by molar-refractivity contribution is 7.92. The van der Waals surface area contributed by atoms with Crippen molar-refractivity contribution >= 4 is 33.0 Å². The van der Waals surface area contributed by atoms with Gasteiger partial charge in [-0.1, -0.05) is 0 Å². The second-order valence-electron chi connectivity index (χ2n) is 5.53. The van der Waals surface area contributed by atoms with Crippen molar-refractivity contribution in [2.45, 2.75) is 25.7 Å². The molecule has 1 amide bonds. The Bertz CT molecular complexity index is 812. The van der Waals surface area contributed by atoms with Crippen LogP contribution in [0.25, 0.3) is 0 Å². The monoisotopic (exact) mass is 361 g/mol. The predicted octanol–water partition coefficient (Wildman–Crippen LogP) is 3.29. The second-order valence-corrected chi connectivity index (χ2v) is 7.21. The van der Waals surface area contributed by atoms with E-state index in [1.807, 2.05) is 12.1 Å². The molecule has 2 N–H and O–H groups in total. The summed E-state index contributed by atoms with van der Waals surface area (Å²) in [6, 6.07) is 13.3. The number of nitrogens with one attached hydrogen (secondary N) is 2. The fourth-order valence-electron chi connectivity index (χ4n) is 2.46. The third-order valence-electron chi connectivity index (χ3n) is 3.73. The first kappa shape index (κ1) is 18.8. The minimum atomic E-state index is -3.68. The van der Waals surface area contributed by atoms with E-state index in [4.69, 9.17) is 0 Å². The SMILES string of the molecule is CCN(CC)c1ccc(NS(=O)(=O)c2ccc(NC(C)=O)cc2)cc1. The summed E-state index contributed by atoms with van der Waals surface area (Å²) in [6.45, 7) is 7.33. The molecule has 2 rings (SSSR count). The zero-order valence-electron chi connectivity index (χ0n) is 14.6. The molecular formula is C18H23N3O3S. The molecule has 134 valence electrons. The van der Waals surface area contributed by atoms with Gasteiger partial charge in [-0.2, -0.15) is 0 Å². The highest BCUT2D eigenvalue weighted by Gasteiger charge is 2.14. The lowest BCUT2D eigenvalue weighted by Gasteiger charge is -2.21. The van der Waals surface area contributed by atoms with Gasteiger partial charge in [-0.25, -0.2) is 8.42 Å². The minimum absolute atomic E-state index is 0.134. The molecular weight excluding hydrogens is 338 g/mol. The average molecular weight is 361 g/mol. The van der Waals surface area contributed by atoms with Crippen molar-refractivity contribution in [3.05, 3.63) is 48.5 Å². The number of carbonyl (C=O) groups excluding carboxylic acids is 1. The van der Waals surface area contributed by atoms with Crippen molar-refractivity contribution in [1.29, 1.82) is 0 Å². The minimum Gasteiger partial charge on any atom is -0.372 e. The Hall–Kier alpha value is -2.54. The summed E-state index contributed by atoms with van der Waals surface area (Å²) >= 11 is 0. The lowest BCUT2D eigenvalue weighted by Crippen LogP contribution is -2.21. The fourth-order valence-corrected chi connectivity index (χ4v) is 3.52. The van der Waals surface area contributed by atoms with Crippen molar-refractivity contribution in [3.8, 4) is 0 Å². The van der Waals surface area contributed by atoms with Crippen molar-refractivity contribution in [1.82, 2.24) is 0 Å². The third kappa shape index (κ3) is 4.96. The van der Waals surface area contributed by atoms with Crippen LogP contribution >= 0.6 is 0 Å². The van der Waals surface area contributed by atoms with Gasteiger partial charge in [0, 0.05) is 37.1 Å². The summed E-state index contributed by atoms with van der Waals surface area (Å²) < 4.78 is 27.5. The molecule has 25 heavy (non-hydrogen) atoms. The topological polar surface area (TPSA) is 78.5 Å². The van der Waals surface area contributed by atoms with Crippen LogP contribution < -0.4 is 14.9 Å². The molecule has 0 saturated heterocycles. The molecule has 0 radical (unpaired) electrons. The van der Waals surface area contributed by atoms with Crippen molar-refractivity contribution in [2.75, 3.05) is 28.0 Å². The predicted molar refractivity (Wildman–Crippen MR) is 102 cm³/mol. The summed E-state index contributed by atoms with van der Waals surface area (Å²) in [4.78, 5) is 13.3. The van der Waals surface area contributed by atoms with E-state index in [2.05, 4.69) is 28.8 Å². The first-order chi connectivity index (χ1) is 11.9. The van der Waals surface area contributed by atoms with Gasteiger partial charge in [-0.3, -0.25) is 9.52 Å². The van der Waals surface area contributed by atoms with Crippen LogP contribution in [0.2, 0.25) is 0 Å². The summed E-state index contributed by atoms with van der Waals surface area (Å²) in [6.07, 6.45) is 0. The number of hydrogen-bond donors (Lipinski definition) is 2. The smallest absolute Gasteiger partial charge is 0.261 e. The Morgan fingerprint density at radius 2 is 1.44 bits per heavy atom. The van der Waals surface area contributed by atoms with E-state index in [0.29, 0.717) is 11.4 Å². The Morgan fingerprint density at radius 1 is 0.920 bits per heavy atom. The summed E-state index contributed by atoms with van der Waals surface area (Å²) in [7, 11) is -3.68. The van der Waals surface area contributed by atoms with Crippen LogP contribution in [0.4, 0.5) is 17.1 Å². The van der Waals surface area contributed by atoms with E-state index >= 15 is 0 Å². The zero-order valence-corrected chi connectivity index (χ0v) is 15.4. The van der Waals surface area contributed by atoms with Gasteiger partial charge in [0.1, 0.15) is 0 Å². The van der Waals surface area contributed by atoms with Crippen LogP contribution in [-0.2, 0) is 14.8 Å². The Kier molecular flexibility index (Phi) is 6.03. The molecule has 0 aliphatic carbocycles. The molecule has 0 aromatic heterocycles. The molecule has 0 bridgehead atoms. The average Bonchev–Trinajstić information content (AvgIpc) is 2.57. The molecule has 0 spiro atoms. The number of carbonyl (C=O) groups is 1. The fraction of sp³-hybridized carbons (Fsp3) is 0.278. The summed E-state index contributed by atoms with van der Waals surface area (Å²) in [5.74, 6) is -0.206. The number of amides is 1. The van der Waals surface area contributed by atoms with Crippen LogP contribution in [0, 0.1) is 0 Å². The van der Waals surface area contributed by atoms with Gasteiger partial charge in [0.25, 0.3) is 10.0 Å². The van der Waals surface area contributed by atoms with E-state index in [1.165, 1.54) is 19.1 Å². The van der Waals surface area contributed by atoms with E-state index in [-0.39, 0.29) is 10.8 Å². The van der Waals surface area contributed by atoms with Crippen molar-refractivity contribution in [2.24, 2.45) is 0 Å². The van der Waals surface area contributed by atoms with Gasteiger partial charge >= 0.3 is 0 Å². The normalized spacial score (nSPS) is 11.0. The Labute approximate surface area is 148 Å². The van der Waals surface area contributed by atoms with Gasteiger partial charge in [-0.15, -0.1) is 0 Å². The molecule has 0 heterocycles. The lowest BCUT2D eigenvalue weighted by atomic mass is 10.2. The maximum absolute atomic E-state index is 12.5. The van der Waals surface area contributed by atoms with E-state index in [9.17, 15) is 13.2 Å². The first-order valence-corrected chi connectivity index (χ1v) is 9.59. The first-order valence-electron chi connectivity index (χ1n) is 8.11. The summed E-state index contributed by atoms with van der Waals surface area (Å²) in [5.41, 5.74) is 2.10. The van der Waals surface area contributed by atoms with Crippen molar-refractivity contribution < 1.29 is 13.2 Å². The zero-order chi connectivity index (χ0) is 18.4. The van der Waals surface area contributed by atoms with Crippen LogP contribution in [-0.4, -0.2) is 27.4 Å². The third-order valence-corrected chi connectivity index (χ3v) is 5.13. The number of anilines is 3. The standard InChI is InChI=1S/C18H23N3O3S/c1-4-21(5-2)17-10-6-16(7-11-17)20-25(23,24)18-12-8-15(9-13-18)19-14(3)22/h6-13,20H,4-5H2,1-3H3,(H,19,22). The molecule has 0 saturated carbocycles. The van der Waals surface area contributed by atoms with Crippen molar-refractivity contribution in [3.63, 3.8) is 0 Å². The second kappa shape index (κ2) is 8.02. The van der Waals surface area contributed by atoms with Gasteiger partial charge in [0.2, 0.25) is 5.91 Å². The molecule has 0 fully saturated rings. The van der Waals surface area contributed by atoms with Gasteiger partial charge in [0.05, 0.1) is 4.90 Å². The molecule has 6 nitrogen and oxygen atoms in total.